The van der Waals surface area contributed by atoms with Gasteiger partial charge in [-0.2, -0.15) is 39.5 Å². The number of hydrogen-bond donors (Lipinski definition) is 8. The second-order valence-electron chi connectivity index (χ2n) is 9.93. The molecule has 0 radical (unpaired) electrons. The summed E-state index contributed by atoms with van der Waals surface area (Å²) < 4.78 is 95.2. The predicted octanol–water partition coefficient (Wildman–Crippen LogP) is 4.91. The maximum Gasteiger partial charge on any atom is 0.490 e. The van der Waals surface area contributed by atoms with Gasteiger partial charge in [0.1, 0.15) is 0 Å². The molecule has 0 rings (SSSR count). The summed E-state index contributed by atoms with van der Waals surface area (Å²) in [4.78, 5) is 34.9. The molecule has 0 bridgehead atoms. The van der Waals surface area contributed by atoms with Crippen molar-refractivity contribution in [3.05, 3.63) is 12.2 Å². The number of nitrogens with one attached hydrogen (secondary N) is 2. The van der Waals surface area contributed by atoms with Gasteiger partial charge in [-0.05, 0) is 45.7 Å². The van der Waals surface area contributed by atoms with Gasteiger partial charge >= 0.3 is 36.4 Å². The maximum absolute atomic E-state index is 10.6. The van der Waals surface area contributed by atoms with Crippen LogP contribution in [0.3, 0.4) is 0 Å². The Morgan fingerprint density at radius 1 is 0.580 bits per heavy atom. The monoisotopic (exact) mass is 751 g/mol. The Labute approximate surface area is 284 Å². The number of carboxylic acids is 3. The van der Waals surface area contributed by atoms with Crippen LogP contribution in [0.2, 0.25) is 0 Å². The van der Waals surface area contributed by atoms with Gasteiger partial charge < -0.3 is 43.2 Å². The first-order valence-electron chi connectivity index (χ1n) is 15.3. The number of halogens is 9. The van der Waals surface area contributed by atoms with E-state index in [-0.39, 0.29) is 5.96 Å². The number of carbonyl (C=O) groups is 3. The van der Waals surface area contributed by atoms with Gasteiger partial charge in [-0.25, -0.2) is 19.4 Å². The fourth-order valence-corrected chi connectivity index (χ4v) is 3.01. The van der Waals surface area contributed by atoms with Crippen LogP contribution in [0, 0.1) is 0 Å². The molecular weight excluding hydrogens is 701 g/mol. The molecule has 296 valence electrons. The van der Waals surface area contributed by atoms with Crippen molar-refractivity contribution < 1.29 is 69.2 Å². The molecule has 0 unspecified atom stereocenters. The third-order valence-corrected chi connectivity index (χ3v) is 5.47. The molecular formula is C28H50F9N7O6. The molecule has 0 saturated carbocycles. The lowest BCUT2D eigenvalue weighted by molar-refractivity contribution is -0.193. The van der Waals surface area contributed by atoms with E-state index >= 15 is 0 Å². The Balaban J connectivity index is -0.000000403. The van der Waals surface area contributed by atoms with Crippen molar-refractivity contribution >= 4 is 29.8 Å². The van der Waals surface area contributed by atoms with Crippen LogP contribution in [-0.2, 0) is 14.4 Å². The zero-order valence-electron chi connectivity index (χ0n) is 27.8. The highest BCUT2D eigenvalue weighted by molar-refractivity contribution is 5.77. The average molecular weight is 752 g/mol. The molecule has 0 aliphatic carbocycles. The lowest BCUT2D eigenvalue weighted by atomic mass is 10.1. The fourth-order valence-electron chi connectivity index (χ4n) is 3.01. The zero-order valence-corrected chi connectivity index (χ0v) is 27.8. The number of aliphatic carboxylic acids is 3. The van der Waals surface area contributed by atoms with Crippen molar-refractivity contribution in [1.29, 1.82) is 0 Å². The lowest BCUT2D eigenvalue weighted by Crippen LogP contribution is -2.32. The van der Waals surface area contributed by atoms with E-state index < -0.39 is 36.4 Å². The summed E-state index contributed by atoms with van der Waals surface area (Å²) in [6.07, 6.45) is 3.87. The van der Waals surface area contributed by atoms with Gasteiger partial charge in [0, 0.05) is 13.1 Å². The fraction of sp³-hybridized carbons (Fsp3) is 0.750. The maximum atomic E-state index is 10.6. The highest BCUT2D eigenvalue weighted by atomic mass is 19.4. The number of nitrogens with two attached hydrogens (primary N) is 3. The molecule has 0 spiro atoms. The predicted molar refractivity (Wildman–Crippen MR) is 169 cm³/mol. The number of nitrogens with zero attached hydrogens (tertiary/aromatic N) is 2. The number of unbranched alkanes of at least 4 members (excludes halogenated alkanes) is 10. The normalized spacial score (nSPS) is 11.6. The highest BCUT2D eigenvalue weighted by Crippen LogP contribution is 2.14. The van der Waals surface area contributed by atoms with E-state index in [1.807, 2.05) is 19.1 Å². The Bertz CT molecular complexity index is 916. The second kappa shape index (κ2) is 32.2. The number of allylic oxidation sites excluding steroid dienone is 1. The number of hydrogen-bond acceptors (Lipinski definition) is 6. The minimum atomic E-state index is -5.08. The molecule has 0 aromatic rings. The van der Waals surface area contributed by atoms with E-state index in [0.717, 1.165) is 39.0 Å². The van der Waals surface area contributed by atoms with Crippen LogP contribution in [0.5, 0.6) is 0 Å². The van der Waals surface area contributed by atoms with E-state index in [2.05, 4.69) is 20.6 Å². The molecule has 22 heteroatoms. The number of alkyl halides is 9. The van der Waals surface area contributed by atoms with Crippen LogP contribution >= 0.6 is 0 Å². The minimum Gasteiger partial charge on any atom is -0.475 e. The highest BCUT2D eigenvalue weighted by Gasteiger charge is 2.39. The molecule has 0 saturated heterocycles. The third kappa shape index (κ3) is 48.4. The summed E-state index contributed by atoms with van der Waals surface area (Å²) in [6, 6.07) is 0. The van der Waals surface area contributed by atoms with E-state index in [4.69, 9.17) is 46.9 Å². The molecule has 13 nitrogen and oxygen atoms in total. The lowest BCUT2D eigenvalue weighted by Gasteiger charge is -2.06. The molecule has 0 aliphatic heterocycles. The van der Waals surface area contributed by atoms with Gasteiger partial charge in [-0.15, -0.1) is 0 Å². The van der Waals surface area contributed by atoms with Crippen molar-refractivity contribution in [1.82, 2.24) is 10.6 Å². The van der Waals surface area contributed by atoms with Gasteiger partial charge in [-0.1, -0.05) is 63.5 Å². The quantitative estimate of drug-likeness (QED) is 0.0273. The van der Waals surface area contributed by atoms with E-state index in [1.54, 1.807) is 0 Å². The van der Waals surface area contributed by atoms with Crippen LogP contribution in [0.25, 0.3) is 0 Å². The van der Waals surface area contributed by atoms with Crippen molar-refractivity contribution in [3.63, 3.8) is 0 Å². The summed E-state index contributed by atoms with van der Waals surface area (Å²) in [6.45, 7) is 6.63. The van der Waals surface area contributed by atoms with Crippen LogP contribution < -0.4 is 27.8 Å². The van der Waals surface area contributed by atoms with Crippen LogP contribution in [-0.4, -0.2) is 96.4 Å². The molecule has 0 fully saturated rings. The number of aliphatic imine (C=N–C) groups is 2. The van der Waals surface area contributed by atoms with Gasteiger partial charge in [0.15, 0.2) is 11.9 Å². The summed E-state index contributed by atoms with van der Waals surface area (Å²) in [7, 11) is 0. The minimum absolute atomic E-state index is 0.205. The van der Waals surface area contributed by atoms with E-state index in [9.17, 15) is 39.5 Å². The van der Waals surface area contributed by atoms with E-state index in [0.29, 0.717) is 12.5 Å². The molecule has 0 atom stereocenters. The number of carboxylic acid groups (broad SMARTS) is 3. The van der Waals surface area contributed by atoms with Crippen molar-refractivity contribution in [2.75, 3.05) is 32.7 Å². The van der Waals surface area contributed by atoms with Gasteiger partial charge in [0.25, 0.3) is 0 Å². The molecule has 11 N–H and O–H groups in total. The van der Waals surface area contributed by atoms with Gasteiger partial charge in [0.2, 0.25) is 0 Å². The molecule has 0 aromatic carbocycles. The molecule has 50 heavy (non-hydrogen) atoms. The number of rotatable bonds is 20. The summed E-state index contributed by atoms with van der Waals surface area (Å²) in [5.41, 5.74) is 16.4. The van der Waals surface area contributed by atoms with Crippen molar-refractivity contribution in [2.24, 2.45) is 27.2 Å². The van der Waals surface area contributed by atoms with Crippen LogP contribution in [0.4, 0.5) is 39.5 Å². The SMILES string of the molecule is C/C=C/CN=C(N)NCCCCCCCCNCCCCCCCCN=C(N)N.O=C(O)C(F)(F)F.O=C(O)C(F)(F)F.O=C(O)C(F)(F)F. The molecule has 0 aliphatic rings. The molecule has 0 amide bonds. The first kappa shape index (κ1) is 52.8. The number of guanidine groups is 2. The van der Waals surface area contributed by atoms with Gasteiger partial charge in [-0.3, -0.25) is 4.99 Å². The average Bonchev–Trinajstić information content (AvgIpc) is 2.97. The zero-order chi connectivity index (χ0) is 39.7. The van der Waals surface area contributed by atoms with E-state index in [1.165, 1.54) is 64.2 Å². The standard InChI is InChI=1S/C22H47N7.3C2HF3O2/c1-2-3-18-28-22(25)29-20-15-11-7-5-9-13-17-26-16-12-8-4-6-10-14-19-27-21(23)24;3*3-2(4,5)1(6)7/h2-3,26H,4-20H2,1H3,(H4,23,24,27)(H3,25,28,29);3*(H,6,7)/b3-2+;;;. The Kier molecular flexibility index (Phi) is 34.1. The Hall–Kier alpha value is -3.98. The van der Waals surface area contributed by atoms with Crippen LogP contribution in [0.1, 0.15) is 84.0 Å². The summed E-state index contributed by atoms with van der Waals surface area (Å²) in [5, 5.41) is 28.1. The largest absolute Gasteiger partial charge is 0.490 e. The van der Waals surface area contributed by atoms with Gasteiger partial charge in [0.05, 0.1) is 6.54 Å². The Morgan fingerprint density at radius 3 is 1.22 bits per heavy atom. The first-order valence-corrected chi connectivity index (χ1v) is 15.3. The third-order valence-electron chi connectivity index (χ3n) is 5.47. The first-order chi connectivity index (χ1) is 23.0. The van der Waals surface area contributed by atoms with Crippen molar-refractivity contribution in [3.8, 4) is 0 Å². The molecule has 0 heterocycles. The smallest absolute Gasteiger partial charge is 0.475 e. The topological polar surface area (TPSA) is 239 Å². The molecule has 0 aromatic heterocycles. The van der Waals surface area contributed by atoms with Crippen molar-refractivity contribution in [2.45, 2.75) is 103 Å². The van der Waals surface area contributed by atoms with Crippen LogP contribution in [0.15, 0.2) is 22.1 Å². The Morgan fingerprint density at radius 2 is 0.900 bits per heavy atom. The second-order valence-corrected chi connectivity index (χ2v) is 9.93. The summed E-state index contributed by atoms with van der Waals surface area (Å²) >= 11 is 0. The summed E-state index contributed by atoms with van der Waals surface area (Å²) in [5.74, 6) is -7.51.